The average Bonchev–Trinajstić information content (AvgIpc) is 3.40. The van der Waals surface area contributed by atoms with Gasteiger partial charge in [-0.3, -0.25) is 4.79 Å². The predicted molar refractivity (Wildman–Crippen MR) is 86.4 cm³/mol. The molecule has 3 fully saturated rings. The van der Waals surface area contributed by atoms with Crippen molar-refractivity contribution in [2.45, 2.75) is 51.1 Å². The summed E-state index contributed by atoms with van der Waals surface area (Å²) in [4.78, 5) is 25.4. The molecule has 2 unspecified atom stereocenters. The minimum Gasteiger partial charge on any atom is -0.478 e. The van der Waals surface area contributed by atoms with E-state index in [0.29, 0.717) is 42.8 Å². The molecule has 2 aliphatic heterocycles. The van der Waals surface area contributed by atoms with Crippen LogP contribution in [0.1, 0.15) is 39.0 Å². The normalized spacial score (nSPS) is 27.8. The number of hydrogen-bond acceptors (Lipinski definition) is 5. The summed E-state index contributed by atoms with van der Waals surface area (Å²) in [6, 6.07) is 2.90. The molecule has 23 heavy (non-hydrogen) atoms. The quantitative estimate of drug-likeness (QED) is 0.848. The number of hydrogen-bond donors (Lipinski definition) is 0. The number of fused-ring (bicyclic) bond motifs is 1. The summed E-state index contributed by atoms with van der Waals surface area (Å²) in [6.45, 7) is 4.49. The number of piperidine rings is 2. The third kappa shape index (κ3) is 2.86. The van der Waals surface area contributed by atoms with E-state index in [-0.39, 0.29) is 0 Å². The summed E-state index contributed by atoms with van der Waals surface area (Å²) in [7, 11) is 0. The van der Waals surface area contributed by atoms with Gasteiger partial charge in [0.2, 0.25) is 11.8 Å². The number of carbonyl (C=O) groups excluding carboxylic acids is 1. The first-order chi connectivity index (χ1) is 11.3. The van der Waals surface area contributed by atoms with Gasteiger partial charge in [0.25, 0.3) is 0 Å². The van der Waals surface area contributed by atoms with Crippen molar-refractivity contribution in [1.29, 1.82) is 0 Å². The highest BCUT2D eigenvalue weighted by Gasteiger charge is 2.45. The fourth-order valence-electron chi connectivity index (χ4n) is 4.06. The molecule has 1 aromatic rings. The average molecular weight is 316 g/mol. The number of aromatic nitrogens is 2. The molecule has 124 valence electrons. The van der Waals surface area contributed by atoms with Gasteiger partial charge in [0, 0.05) is 37.7 Å². The zero-order chi connectivity index (χ0) is 15.8. The van der Waals surface area contributed by atoms with Gasteiger partial charge in [0.1, 0.15) is 12.1 Å². The fraction of sp³-hybridized carbons (Fsp3) is 0.706. The Labute approximate surface area is 136 Å². The Balaban J connectivity index is 1.48. The van der Waals surface area contributed by atoms with Crippen LogP contribution < -0.4 is 9.64 Å². The second-order valence-corrected chi connectivity index (χ2v) is 6.78. The summed E-state index contributed by atoms with van der Waals surface area (Å²) in [5, 5.41) is 0. The smallest absolute Gasteiger partial charge is 0.223 e. The molecule has 3 aliphatic rings. The van der Waals surface area contributed by atoms with Gasteiger partial charge in [0.05, 0.1) is 6.61 Å². The van der Waals surface area contributed by atoms with E-state index >= 15 is 0 Å². The van der Waals surface area contributed by atoms with Crippen LogP contribution in [0.4, 0.5) is 5.82 Å². The Kier molecular flexibility index (Phi) is 3.83. The molecule has 1 saturated carbocycles. The van der Waals surface area contributed by atoms with Crippen LogP contribution in [0.2, 0.25) is 0 Å². The van der Waals surface area contributed by atoms with Crippen LogP contribution in [0.25, 0.3) is 0 Å². The van der Waals surface area contributed by atoms with E-state index in [0.717, 1.165) is 31.7 Å². The van der Waals surface area contributed by atoms with Crippen LogP contribution in [0.15, 0.2) is 12.4 Å². The highest BCUT2D eigenvalue weighted by atomic mass is 16.5. The minimum absolute atomic E-state index is 0.378. The molecular weight excluding hydrogens is 292 g/mol. The molecule has 2 atom stereocenters. The van der Waals surface area contributed by atoms with Crippen molar-refractivity contribution >= 4 is 11.7 Å². The van der Waals surface area contributed by atoms with Crippen LogP contribution in [0, 0.1) is 5.92 Å². The molecule has 0 radical (unpaired) electrons. The van der Waals surface area contributed by atoms with Crippen LogP contribution in [-0.4, -0.2) is 52.6 Å². The monoisotopic (exact) mass is 316 g/mol. The Morgan fingerprint density at radius 1 is 1.26 bits per heavy atom. The molecule has 6 nitrogen and oxygen atoms in total. The minimum atomic E-state index is 0.378. The maximum Gasteiger partial charge on any atom is 0.223 e. The van der Waals surface area contributed by atoms with E-state index in [1.165, 1.54) is 12.8 Å². The maximum atomic E-state index is 12.3. The molecule has 3 heterocycles. The van der Waals surface area contributed by atoms with Crippen LogP contribution in [-0.2, 0) is 4.79 Å². The summed E-state index contributed by atoms with van der Waals surface area (Å²) in [5.74, 6) is 2.52. The molecule has 2 saturated heterocycles. The molecule has 6 heteroatoms. The standard InChI is InChI=1S/C17H24N4O2/c1-2-23-16-9-15(18-11-19-16)20-8-7-14-12(10-20)3-6-17(22)21(14)13-4-5-13/h9,11-14H,2-8,10H2,1H3. The number of nitrogens with zero attached hydrogens (tertiary/aromatic N) is 4. The van der Waals surface area contributed by atoms with Crippen LogP contribution in [0.3, 0.4) is 0 Å². The lowest BCUT2D eigenvalue weighted by Gasteiger charge is -2.47. The Morgan fingerprint density at radius 3 is 2.91 bits per heavy atom. The highest BCUT2D eigenvalue weighted by molar-refractivity contribution is 5.78. The summed E-state index contributed by atoms with van der Waals surface area (Å²) in [5.41, 5.74) is 0. The lowest BCUT2D eigenvalue weighted by atomic mass is 9.83. The molecule has 0 N–H and O–H groups in total. The van der Waals surface area contributed by atoms with Crippen molar-refractivity contribution in [3.05, 3.63) is 12.4 Å². The number of rotatable bonds is 4. The van der Waals surface area contributed by atoms with E-state index < -0.39 is 0 Å². The number of anilines is 1. The van der Waals surface area contributed by atoms with Gasteiger partial charge in [-0.2, -0.15) is 0 Å². The van der Waals surface area contributed by atoms with Gasteiger partial charge >= 0.3 is 0 Å². The molecule has 1 aliphatic carbocycles. The lowest BCUT2D eigenvalue weighted by molar-refractivity contribution is -0.140. The SMILES string of the molecule is CCOc1cc(N2CCC3C(CCC(=O)N3C3CC3)C2)ncn1. The molecule has 0 spiro atoms. The molecular formula is C17H24N4O2. The van der Waals surface area contributed by atoms with E-state index in [9.17, 15) is 4.79 Å². The lowest BCUT2D eigenvalue weighted by Crippen LogP contribution is -2.56. The first kappa shape index (κ1) is 14.7. The Bertz CT molecular complexity index is 590. The summed E-state index contributed by atoms with van der Waals surface area (Å²) in [6.07, 6.45) is 6.73. The molecule has 4 rings (SSSR count). The zero-order valence-electron chi connectivity index (χ0n) is 13.6. The third-order valence-corrected chi connectivity index (χ3v) is 5.25. The fourth-order valence-corrected chi connectivity index (χ4v) is 4.06. The largest absolute Gasteiger partial charge is 0.478 e. The van der Waals surface area contributed by atoms with Crippen molar-refractivity contribution in [3.8, 4) is 5.88 Å². The Morgan fingerprint density at radius 2 is 2.13 bits per heavy atom. The third-order valence-electron chi connectivity index (χ3n) is 5.25. The van der Waals surface area contributed by atoms with Gasteiger partial charge in [-0.05, 0) is 38.5 Å². The molecule has 1 aromatic heterocycles. The van der Waals surface area contributed by atoms with Gasteiger partial charge in [-0.1, -0.05) is 0 Å². The van der Waals surface area contributed by atoms with Crippen LogP contribution >= 0.6 is 0 Å². The number of amides is 1. The predicted octanol–water partition coefficient (Wildman–Crippen LogP) is 1.85. The van der Waals surface area contributed by atoms with E-state index in [1.54, 1.807) is 6.33 Å². The molecule has 0 bridgehead atoms. The van der Waals surface area contributed by atoms with Crippen LogP contribution in [0.5, 0.6) is 5.88 Å². The van der Waals surface area contributed by atoms with Crippen molar-refractivity contribution in [1.82, 2.24) is 14.9 Å². The second-order valence-electron chi connectivity index (χ2n) is 6.78. The Hall–Kier alpha value is -1.85. The zero-order valence-corrected chi connectivity index (χ0v) is 13.6. The number of ether oxygens (including phenoxy) is 1. The van der Waals surface area contributed by atoms with Gasteiger partial charge in [0.15, 0.2) is 0 Å². The summed E-state index contributed by atoms with van der Waals surface area (Å²) < 4.78 is 5.48. The van der Waals surface area contributed by atoms with E-state index in [2.05, 4.69) is 19.8 Å². The second kappa shape index (κ2) is 5.98. The van der Waals surface area contributed by atoms with Crippen molar-refractivity contribution in [2.24, 2.45) is 5.92 Å². The van der Waals surface area contributed by atoms with Crippen molar-refractivity contribution < 1.29 is 9.53 Å². The maximum absolute atomic E-state index is 12.3. The van der Waals surface area contributed by atoms with Crippen molar-refractivity contribution in [2.75, 3.05) is 24.6 Å². The first-order valence-electron chi connectivity index (χ1n) is 8.77. The van der Waals surface area contributed by atoms with E-state index in [1.807, 2.05) is 13.0 Å². The topological polar surface area (TPSA) is 58.6 Å². The number of likely N-dealkylation sites (tertiary alicyclic amines) is 1. The van der Waals surface area contributed by atoms with Gasteiger partial charge in [-0.25, -0.2) is 9.97 Å². The molecule has 0 aromatic carbocycles. The number of carbonyl (C=O) groups is 1. The van der Waals surface area contributed by atoms with Gasteiger partial charge in [-0.15, -0.1) is 0 Å². The summed E-state index contributed by atoms with van der Waals surface area (Å²) >= 11 is 0. The van der Waals surface area contributed by atoms with Gasteiger partial charge < -0.3 is 14.5 Å². The van der Waals surface area contributed by atoms with Crippen molar-refractivity contribution in [3.63, 3.8) is 0 Å². The van der Waals surface area contributed by atoms with E-state index in [4.69, 9.17) is 4.74 Å². The first-order valence-corrected chi connectivity index (χ1v) is 8.77. The highest BCUT2D eigenvalue weighted by Crippen LogP contribution is 2.39. The molecule has 1 amide bonds.